The Kier molecular flexibility index (Phi) is 3.32. The van der Waals surface area contributed by atoms with Crippen LogP contribution in [0, 0.1) is 6.92 Å². The van der Waals surface area contributed by atoms with E-state index in [1.54, 1.807) is 7.11 Å². The van der Waals surface area contributed by atoms with Gasteiger partial charge >= 0.3 is 0 Å². The van der Waals surface area contributed by atoms with E-state index in [1.165, 1.54) is 11.1 Å². The molecule has 0 spiro atoms. The predicted molar refractivity (Wildman–Crippen MR) is 55.1 cm³/mol. The fourth-order valence-corrected chi connectivity index (χ4v) is 1.37. The fraction of sp³-hybridized carbons (Fsp3) is 0.455. The van der Waals surface area contributed by atoms with Crippen molar-refractivity contribution in [3.8, 4) is 5.75 Å². The van der Waals surface area contributed by atoms with Crippen molar-refractivity contribution < 1.29 is 4.74 Å². The molecule has 0 heterocycles. The van der Waals surface area contributed by atoms with Crippen LogP contribution in [0.1, 0.15) is 18.1 Å². The molecule has 0 amide bonds. The van der Waals surface area contributed by atoms with Crippen LogP contribution in [-0.2, 0) is 6.42 Å². The van der Waals surface area contributed by atoms with E-state index in [1.807, 2.05) is 19.1 Å². The van der Waals surface area contributed by atoms with Gasteiger partial charge in [-0.05, 0) is 43.5 Å². The van der Waals surface area contributed by atoms with Crippen LogP contribution in [0.2, 0.25) is 0 Å². The van der Waals surface area contributed by atoms with Gasteiger partial charge in [-0.3, -0.25) is 0 Å². The largest absolute Gasteiger partial charge is 0.497 e. The molecule has 0 saturated heterocycles. The number of aryl methyl sites for hydroxylation is 1. The van der Waals surface area contributed by atoms with E-state index in [-0.39, 0.29) is 6.04 Å². The van der Waals surface area contributed by atoms with Crippen LogP contribution in [0.5, 0.6) is 5.75 Å². The molecule has 1 atom stereocenters. The lowest BCUT2D eigenvalue weighted by Gasteiger charge is -2.09. The van der Waals surface area contributed by atoms with Gasteiger partial charge in [-0.25, -0.2) is 0 Å². The number of methoxy groups -OCH3 is 1. The second-order valence-corrected chi connectivity index (χ2v) is 3.47. The molecule has 1 aromatic carbocycles. The topological polar surface area (TPSA) is 35.2 Å². The molecule has 2 N–H and O–H groups in total. The van der Waals surface area contributed by atoms with E-state index in [0.29, 0.717) is 0 Å². The van der Waals surface area contributed by atoms with Crippen molar-refractivity contribution in [2.24, 2.45) is 5.73 Å². The number of benzene rings is 1. The number of nitrogens with two attached hydrogens (primary N) is 1. The van der Waals surface area contributed by atoms with E-state index in [0.717, 1.165) is 12.2 Å². The van der Waals surface area contributed by atoms with Gasteiger partial charge in [0.25, 0.3) is 0 Å². The van der Waals surface area contributed by atoms with Gasteiger partial charge in [0.05, 0.1) is 7.11 Å². The summed E-state index contributed by atoms with van der Waals surface area (Å²) in [6.45, 7) is 4.10. The molecular weight excluding hydrogens is 162 g/mol. The molecule has 0 unspecified atom stereocenters. The van der Waals surface area contributed by atoms with E-state index >= 15 is 0 Å². The average Bonchev–Trinajstić information content (AvgIpc) is 2.08. The molecule has 0 aliphatic heterocycles. The number of hydrogen-bond donors (Lipinski definition) is 1. The zero-order valence-corrected chi connectivity index (χ0v) is 8.50. The Morgan fingerprint density at radius 2 is 2.15 bits per heavy atom. The van der Waals surface area contributed by atoms with Crippen LogP contribution in [0.4, 0.5) is 0 Å². The molecule has 0 bridgehead atoms. The highest BCUT2D eigenvalue weighted by atomic mass is 16.5. The SMILES string of the molecule is COc1ccc(C[C@H](C)N)c(C)c1. The first-order valence-corrected chi connectivity index (χ1v) is 4.52. The molecular formula is C11H17NO. The molecule has 72 valence electrons. The van der Waals surface area contributed by atoms with Crippen molar-refractivity contribution in [2.75, 3.05) is 7.11 Å². The van der Waals surface area contributed by atoms with Crippen LogP contribution in [0.15, 0.2) is 18.2 Å². The maximum absolute atomic E-state index is 5.73. The summed E-state index contributed by atoms with van der Waals surface area (Å²) in [7, 11) is 1.68. The van der Waals surface area contributed by atoms with Gasteiger partial charge in [0.1, 0.15) is 5.75 Å². The lowest BCUT2D eigenvalue weighted by Crippen LogP contribution is -2.18. The van der Waals surface area contributed by atoms with Gasteiger partial charge in [-0.1, -0.05) is 6.07 Å². The zero-order valence-electron chi connectivity index (χ0n) is 8.50. The number of ether oxygens (including phenoxy) is 1. The summed E-state index contributed by atoms with van der Waals surface area (Å²) in [6, 6.07) is 6.31. The van der Waals surface area contributed by atoms with E-state index in [4.69, 9.17) is 10.5 Å². The molecule has 2 heteroatoms. The number of rotatable bonds is 3. The monoisotopic (exact) mass is 179 g/mol. The van der Waals surface area contributed by atoms with Gasteiger partial charge in [0.15, 0.2) is 0 Å². The third-order valence-corrected chi connectivity index (χ3v) is 2.09. The van der Waals surface area contributed by atoms with Crippen molar-refractivity contribution in [3.63, 3.8) is 0 Å². The van der Waals surface area contributed by atoms with Gasteiger partial charge < -0.3 is 10.5 Å². The standard InChI is InChI=1S/C11H17NO/c1-8-6-11(13-3)5-4-10(8)7-9(2)12/h4-6,9H,7,12H2,1-3H3/t9-/m0/s1. The van der Waals surface area contributed by atoms with Crippen molar-refractivity contribution >= 4 is 0 Å². The second-order valence-electron chi connectivity index (χ2n) is 3.47. The van der Waals surface area contributed by atoms with E-state index in [9.17, 15) is 0 Å². The quantitative estimate of drug-likeness (QED) is 0.769. The summed E-state index contributed by atoms with van der Waals surface area (Å²) in [5.74, 6) is 0.908. The Labute approximate surface area is 79.7 Å². The highest BCUT2D eigenvalue weighted by Gasteiger charge is 2.02. The highest BCUT2D eigenvalue weighted by molar-refractivity contribution is 5.35. The van der Waals surface area contributed by atoms with Gasteiger partial charge in [0.2, 0.25) is 0 Å². The maximum Gasteiger partial charge on any atom is 0.119 e. The Hall–Kier alpha value is -1.02. The smallest absolute Gasteiger partial charge is 0.119 e. The minimum absolute atomic E-state index is 0.215. The zero-order chi connectivity index (χ0) is 9.84. The molecule has 13 heavy (non-hydrogen) atoms. The molecule has 0 aromatic heterocycles. The molecule has 1 aromatic rings. The summed E-state index contributed by atoms with van der Waals surface area (Å²) in [5, 5.41) is 0. The normalized spacial score (nSPS) is 12.6. The van der Waals surface area contributed by atoms with E-state index < -0.39 is 0 Å². The van der Waals surface area contributed by atoms with Crippen LogP contribution in [-0.4, -0.2) is 13.2 Å². The van der Waals surface area contributed by atoms with Crippen molar-refractivity contribution in [1.29, 1.82) is 0 Å². The lowest BCUT2D eigenvalue weighted by atomic mass is 10.0. The summed E-state index contributed by atoms with van der Waals surface area (Å²) in [4.78, 5) is 0. The summed E-state index contributed by atoms with van der Waals surface area (Å²) >= 11 is 0. The van der Waals surface area contributed by atoms with Crippen molar-refractivity contribution in [2.45, 2.75) is 26.3 Å². The number of hydrogen-bond acceptors (Lipinski definition) is 2. The first-order valence-electron chi connectivity index (χ1n) is 4.52. The maximum atomic E-state index is 5.73. The molecule has 0 fully saturated rings. The van der Waals surface area contributed by atoms with E-state index in [2.05, 4.69) is 13.0 Å². The average molecular weight is 179 g/mol. The molecule has 1 rings (SSSR count). The van der Waals surface area contributed by atoms with Crippen LogP contribution >= 0.6 is 0 Å². The fourth-order valence-electron chi connectivity index (χ4n) is 1.37. The minimum atomic E-state index is 0.215. The Bertz CT molecular complexity index is 281. The molecule has 0 radical (unpaired) electrons. The summed E-state index contributed by atoms with van der Waals surface area (Å²) < 4.78 is 5.12. The molecule has 0 aliphatic rings. The Balaban J connectivity index is 2.85. The lowest BCUT2D eigenvalue weighted by molar-refractivity contribution is 0.414. The molecule has 2 nitrogen and oxygen atoms in total. The van der Waals surface area contributed by atoms with Crippen molar-refractivity contribution in [3.05, 3.63) is 29.3 Å². The van der Waals surface area contributed by atoms with Crippen molar-refractivity contribution in [1.82, 2.24) is 0 Å². The van der Waals surface area contributed by atoms with Crippen LogP contribution < -0.4 is 10.5 Å². The molecule has 0 saturated carbocycles. The van der Waals surface area contributed by atoms with Gasteiger partial charge in [-0.2, -0.15) is 0 Å². The van der Waals surface area contributed by atoms with Crippen LogP contribution in [0.25, 0.3) is 0 Å². The minimum Gasteiger partial charge on any atom is -0.497 e. The predicted octanol–water partition coefficient (Wildman–Crippen LogP) is 1.89. The summed E-state index contributed by atoms with van der Waals surface area (Å²) in [6.07, 6.45) is 0.926. The van der Waals surface area contributed by atoms with Gasteiger partial charge in [0, 0.05) is 6.04 Å². The van der Waals surface area contributed by atoms with Crippen LogP contribution in [0.3, 0.4) is 0 Å². The first-order chi connectivity index (χ1) is 6.13. The summed E-state index contributed by atoms with van der Waals surface area (Å²) in [5.41, 5.74) is 8.28. The third kappa shape index (κ3) is 2.74. The third-order valence-electron chi connectivity index (χ3n) is 2.09. The second kappa shape index (κ2) is 4.28. The van der Waals surface area contributed by atoms with Gasteiger partial charge in [-0.15, -0.1) is 0 Å². The Morgan fingerprint density at radius 1 is 1.46 bits per heavy atom. The highest BCUT2D eigenvalue weighted by Crippen LogP contribution is 2.17. The first kappa shape index (κ1) is 10.1. The Morgan fingerprint density at radius 3 is 2.62 bits per heavy atom. The molecule has 0 aliphatic carbocycles.